The number of benzene rings is 1. The summed E-state index contributed by atoms with van der Waals surface area (Å²) in [6.45, 7) is 0.483. The second kappa shape index (κ2) is 6.55. The number of anilines is 1. The second-order valence-electron chi connectivity index (χ2n) is 6.46. The summed E-state index contributed by atoms with van der Waals surface area (Å²) < 4.78 is 39.7. The minimum atomic E-state index is -4.19. The summed E-state index contributed by atoms with van der Waals surface area (Å²) in [5, 5.41) is 0.767. The first kappa shape index (κ1) is 16.8. The molecule has 1 aliphatic heterocycles. The van der Waals surface area contributed by atoms with Crippen LogP contribution in [0.4, 0.5) is 19.0 Å². The van der Waals surface area contributed by atoms with Crippen LogP contribution in [0.2, 0.25) is 0 Å². The van der Waals surface area contributed by atoms with E-state index in [2.05, 4.69) is 15.0 Å². The predicted octanol–water partition coefficient (Wildman–Crippen LogP) is 4.47. The molecule has 26 heavy (non-hydrogen) atoms. The smallest absolute Gasteiger partial charge is 0.355 e. The summed E-state index contributed by atoms with van der Waals surface area (Å²) in [6.07, 6.45) is -0.219. The van der Waals surface area contributed by atoms with E-state index in [0.29, 0.717) is 30.1 Å². The number of hydrogen-bond acceptors (Lipinski definition) is 4. The zero-order chi connectivity index (χ0) is 18.1. The van der Waals surface area contributed by atoms with Crippen molar-refractivity contribution in [2.45, 2.75) is 19.0 Å². The first-order valence-electron chi connectivity index (χ1n) is 8.51. The van der Waals surface area contributed by atoms with E-state index in [1.807, 2.05) is 30.3 Å². The number of halogens is 3. The first-order valence-corrected chi connectivity index (χ1v) is 8.51. The molecule has 7 heteroatoms. The van der Waals surface area contributed by atoms with Crippen LogP contribution in [0.3, 0.4) is 0 Å². The van der Waals surface area contributed by atoms with Crippen molar-refractivity contribution < 1.29 is 13.2 Å². The Bertz CT molecular complexity index is 912. The van der Waals surface area contributed by atoms with Gasteiger partial charge in [-0.25, -0.2) is 9.97 Å². The van der Waals surface area contributed by atoms with Crippen molar-refractivity contribution in [2.75, 3.05) is 18.0 Å². The minimum absolute atomic E-state index is 0.0724. The van der Waals surface area contributed by atoms with Gasteiger partial charge in [0.2, 0.25) is 0 Å². The Morgan fingerprint density at radius 1 is 1.04 bits per heavy atom. The molecule has 4 nitrogen and oxygen atoms in total. The van der Waals surface area contributed by atoms with Gasteiger partial charge < -0.3 is 4.90 Å². The standard InChI is InChI=1S/C19H17F3N4/c20-19(21,22)14-6-4-10-26(12-14)18-15-7-1-2-8-16(15)24-17(25-18)13-5-3-9-23-11-13/h1-3,5,7-9,11,14H,4,6,10,12H2/t14-/m1/s1. The molecule has 0 radical (unpaired) electrons. The summed E-state index contributed by atoms with van der Waals surface area (Å²) in [7, 11) is 0. The Balaban J connectivity index is 1.81. The van der Waals surface area contributed by atoms with Gasteiger partial charge in [0.05, 0.1) is 11.4 Å². The molecule has 1 fully saturated rings. The van der Waals surface area contributed by atoms with Crippen LogP contribution in [0.15, 0.2) is 48.8 Å². The van der Waals surface area contributed by atoms with Crippen LogP contribution in [-0.2, 0) is 0 Å². The van der Waals surface area contributed by atoms with Crippen molar-refractivity contribution >= 4 is 16.7 Å². The second-order valence-corrected chi connectivity index (χ2v) is 6.46. The van der Waals surface area contributed by atoms with Crippen molar-refractivity contribution in [3.63, 3.8) is 0 Å². The summed E-state index contributed by atoms with van der Waals surface area (Å²) in [4.78, 5) is 15.0. The highest BCUT2D eigenvalue weighted by molar-refractivity contribution is 5.91. The molecular weight excluding hydrogens is 341 g/mol. The Morgan fingerprint density at radius 3 is 2.65 bits per heavy atom. The van der Waals surface area contributed by atoms with E-state index >= 15 is 0 Å². The van der Waals surface area contributed by atoms with E-state index in [1.54, 1.807) is 23.4 Å². The highest BCUT2D eigenvalue weighted by Gasteiger charge is 2.42. The van der Waals surface area contributed by atoms with Gasteiger partial charge in [0.15, 0.2) is 5.82 Å². The molecule has 0 saturated carbocycles. The molecule has 0 bridgehead atoms. The van der Waals surface area contributed by atoms with E-state index in [4.69, 9.17) is 0 Å². The van der Waals surface area contributed by atoms with Gasteiger partial charge in [0.1, 0.15) is 5.82 Å². The molecule has 134 valence electrons. The molecule has 3 heterocycles. The third-order valence-corrected chi connectivity index (χ3v) is 4.69. The molecule has 0 N–H and O–H groups in total. The maximum atomic E-state index is 13.2. The number of aromatic nitrogens is 3. The molecule has 3 aromatic rings. The van der Waals surface area contributed by atoms with Crippen LogP contribution in [0.5, 0.6) is 0 Å². The average Bonchev–Trinajstić information content (AvgIpc) is 2.67. The number of rotatable bonds is 2. The molecule has 0 aliphatic carbocycles. The number of pyridine rings is 1. The quantitative estimate of drug-likeness (QED) is 0.678. The molecule has 2 aromatic heterocycles. The molecule has 0 unspecified atom stereocenters. The molecule has 0 amide bonds. The van der Waals surface area contributed by atoms with Crippen LogP contribution < -0.4 is 4.90 Å². The van der Waals surface area contributed by atoms with Crippen molar-refractivity contribution in [3.8, 4) is 11.4 Å². The van der Waals surface area contributed by atoms with Gasteiger partial charge in [-0.05, 0) is 37.1 Å². The van der Waals surface area contributed by atoms with Crippen LogP contribution in [-0.4, -0.2) is 34.2 Å². The van der Waals surface area contributed by atoms with Crippen LogP contribution in [0, 0.1) is 5.92 Å². The highest BCUT2D eigenvalue weighted by Crippen LogP contribution is 2.36. The van der Waals surface area contributed by atoms with Crippen LogP contribution in [0.25, 0.3) is 22.3 Å². The molecule has 4 rings (SSSR count). The lowest BCUT2D eigenvalue weighted by Gasteiger charge is -2.35. The van der Waals surface area contributed by atoms with E-state index in [-0.39, 0.29) is 13.0 Å². The zero-order valence-corrected chi connectivity index (χ0v) is 13.9. The topological polar surface area (TPSA) is 41.9 Å². The van der Waals surface area contributed by atoms with E-state index in [1.165, 1.54) is 0 Å². The Hall–Kier alpha value is -2.70. The van der Waals surface area contributed by atoms with Crippen LogP contribution in [0.1, 0.15) is 12.8 Å². The van der Waals surface area contributed by atoms with Crippen LogP contribution >= 0.6 is 0 Å². The van der Waals surface area contributed by atoms with Gasteiger partial charge >= 0.3 is 6.18 Å². The number of nitrogens with zero attached hydrogens (tertiary/aromatic N) is 4. The van der Waals surface area contributed by atoms with Gasteiger partial charge in [-0.3, -0.25) is 4.98 Å². The monoisotopic (exact) mass is 358 g/mol. The van der Waals surface area contributed by atoms with Gasteiger partial charge in [-0.2, -0.15) is 13.2 Å². The van der Waals surface area contributed by atoms with Gasteiger partial charge in [-0.15, -0.1) is 0 Å². The third kappa shape index (κ3) is 3.21. The van der Waals surface area contributed by atoms with Crippen molar-refractivity contribution in [1.29, 1.82) is 0 Å². The lowest BCUT2D eigenvalue weighted by Crippen LogP contribution is -2.42. The summed E-state index contributed by atoms with van der Waals surface area (Å²) in [5.41, 5.74) is 1.45. The SMILES string of the molecule is FC(F)(F)[C@@H]1CCCN(c2nc(-c3cccnc3)nc3ccccc23)C1. The van der Waals surface area contributed by atoms with Gasteiger partial charge in [0.25, 0.3) is 0 Å². The minimum Gasteiger partial charge on any atom is -0.355 e. The largest absolute Gasteiger partial charge is 0.393 e. The predicted molar refractivity (Wildman–Crippen MR) is 93.8 cm³/mol. The van der Waals surface area contributed by atoms with Gasteiger partial charge in [0, 0.05) is 36.4 Å². The summed E-state index contributed by atoms with van der Waals surface area (Å²) >= 11 is 0. The van der Waals surface area contributed by atoms with E-state index in [0.717, 1.165) is 10.9 Å². The van der Waals surface area contributed by atoms with Crippen molar-refractivity contribution in [1.82, 2.24) is 15.0 Å². The Kier molecular flexibility index (Phi) is 4.22. The molecular formula is C19H17F3N4. The fourth-order valence-electron chi connectivity index (χ4n) is 3.36. The van der Waals surface area contributed by atoms with E-state index in [9.17, 15) is 13.2 Å². The molecule has 1 aliphatic rings. The zero-order valence-electron chi connectivity index (χ0n) is 13.9. The Labute approximate surface area is 148 Å². The molecule has 0 spiro atoms. The molecule has 1 saturated heterocycles. The third-order valence-electron chi connectivity index (χ3n) is 4.69. The average molecular weight is 358 g/mol. The normalized spacial score (nSPS) is 18.3. The summed E-state index contributed by atoms with van der Waals surface area (Å²) in [6, 6.07) is 11.1. The highest BCUT2D eigenvalue weighted by atomic mass is 19.4. The van der Waals surface area contributed by atoms with Gasteiger partial charge in [-0.1, -0.05) is 12.1 Å². The van der Waals surface area contributed by atoms with Crippen molar-refractivity contribution in [3.05, 3.63) is 48.8 Å². The van der Waals surface area contributed by atoms with E-state index < -0.39 is 12.1 Å². The Morgan fingerprint density at radius 2 is 1.88 bits per heavy atom. The molecule has 1 aromatic carbocycles. The number of hydrogen-bond donors (Lipinski definition) is 0. The lowest BCUT2D eigenvalue weighted by molar-refractivity contribution is -0.176. The fourth-order valence-corrected chi connectivity index (χ4v) is 3.36. The first-order chi connectivity index (χ1) is 12.5. The van der Waals surface area contributed by atoms with Crippen molar-refractivity contribution in [2.24, 2.45) is 5.92 Å². The number of para-hydroxylation sites is 1. The molecule has 1 atom stereocenters. The maximum absolute atomic E-state index is 13.2. The summed E-state index contributed by atoms with van der Waals surface area (Å²) in [5.74, 6) is -0.295. The number of piperidine rings is 1. The number of alkyl halides is 3. The maximum Gasteiger partial charge on any atom is 0.393 e. The lowest BCUT2D eigenvalue weighted by atomic mass is 9.97. The number of fused-ring (bicyclic) bond motifs is 1. The fraction of sp³-hybridized carbons (Fsp3) is 0.316.